The van der Waals surface area contributed by atoms with Gasteiger partial charge in [0.15, 0.2) is 0 Å². The molecule has 0 atom stereocenters. The number of hydrogen-bond donors (Lipinski definition) is 1. The second-order valence-corrected chi connectivity index (χ2v) is 3.54. The first-order chi connectivity index (χ1) is 7.13. The van der Waals surface area contributed by atoms with Crippen molar-refractivity contribution in [3.05, 3.63) is 34.1 Å². The van der Waals surface area contributed by atoms with Gasteiger partial charge in [0, 0.05) is 25.5 Å². The summed E-state index contributed by atoms with van der Waals surface area (Å²) in [5, 5.41) is 3.97. The fourth-order valence-corrected chi connectivity index (χ4v) is 1.62. The van der Waals surface area contributed by atoms with Gasteiger partial charge in [0.05, 0.1) is 0 Å². The number of fused-ring (bicyclic) bond motifs is 1. The van der Waals surface area contributed by atoms with Gasteiger partial charge in [-0.2, -0.15) is 0 Å². The van der Waals surface area contributed by atoms with Crippen molar-refractivity contribution in [1.29, 1.82) is 0 Å². The molecular weight excluding hydrogens is 190 g/mol. The van der Waals surface area contributed by atoms with Gasteiger partial charge in [-0.15, -0.1) is 0 Å². The summed E-state index contributed by atoms with van der Waals surface area (Å²) in [6.07, 6.45) is 0. The Balaban J connectivity index is 2.91. The van der Waals surface area contributed by atoms with Crippen molar-refractivity contribution in [2.45, 2.75) is 6.92 Å². The molecule has 4 nitrogen and oxygen atoms in total. The fraction of sp³-hybridized carbons (Fsp3) is 0.273. The Morgan fingerprint density at radius 3 is 2.80 bits per heavy atom. The van der Waals surface area contributed by atoms with E-state index in [0.717, 1.165) is 16.8 Å². The lowest BCUT2D eigenvalue weighted by atomic mass is 10.2. The standard InChI is InChI=1S/C11H13N3O/c1-7-6-10(15)14(3)11-8(7)4-5-9(12-2)13-11/h4-6H,1-3H3,(H,12,13). The van der Waals surface area contributed by atoms with Crippen LogP contribution in [0.15, 0.2) is 23.0 Å². The van der Waals surface area contributed by atoms with E-state index in [-0.39, 0.29) is 5.56 Å². The van der Waals surface area contributed by atoms with E-state index in [1.54, 1.807) is 17.7 Å². The van der Waals surface area contributed by atoms with Crippen LogP contribution < -0.4 is 10.9 Å². The van der Waals surface area contributed by atoms with Gasteiger partial charge in [0.2, 0.25) is 0 Å². The first-order valence-electron chi connectivity index (χ1n) is 4.78. The topological polar surface area (TPSA) is 46.9 Å². The highest BCUT2D eigenvalue weighted by Gasteiger charge is 2.05. The maximum absolute atomic E-state index is 11.6. The van der Waals surface area contributed by atoms with Crippen molar-refractivity contribution < 1.29 is 0 Å². The molecule has 2 aromatic rings. The highest BCUT2D eigenvalue weighted by Crippen LogP contribution is 2.16. The molecule has 0 aromatic carbocycles. The quantitative estimate of drug-likeness (QED) is 0.759. The Hall–Kier alpha value is -1.84. The Morgan fingerprint density at radius 1 is 1.40 bits per heavy atom. The van der Waals surface area contributed by atoms with Crippen LogP contribution >= 0.6 is 0 Å². The zero-order chi connectivity index (χ0) is 11.0. The average Bonchev–Trinajstić information content (AvgIpc) is 2.25. The van der Waals surface area contributed by atoms with Gasteiger partial charge in [-0.25, -0.2) is 4.98 Å². The fourth-order valence-electron chi connectivity index (χ4n) is 1.62. The van der Waals surface area contributed by atoms with E-state index >= 15 is 0 Å². The van der Waals surface area contributed by atoms with E-state index in [9.17, 15) is 4.79 Å². The Kier molecular flexibility index (Phi) is 2.19. The number of hydrogen-bond acceptors (Lipinski definition) is 3. The second-order valence-electron chi connectivity index (χ2n) is 3.54. The van der Waals surface area contributed by atoms with Crippen molar-refractivity contribution in [3.63, 3.8) is 0 Å². The lowest BCUT2D eigenvalue weighted by Crippen LogP contribution is -2.17. The predicted molar refractivity (Wildman–Crippen MR) is 61.3 cm³/mol. The largest absolute Gasteiger partial charge is 0.373 e. The summed E-state index contributed by atoms with van der Waals surface area (Å²) in [5.74, 6) is 0.767. The Bertz CT molecular complexity index is 572. The van der Waals surface area contributed by atoms with Gasteiger partial charge in [0.1, 0.15) is 11.5 Å². The van der Waals surface area contributed by atoms with Crippen LogP contribution in [0.4, 0.5) is 5.82 Å². The van der Waals surface area contributed by atoms with E-state index in [0.29, 0.717) is 5.65 Å². The van der Waals surface area contributed by atoms with Crippen LogP contribution in [0.3, 0.4) is 0 Å². The third-order valence-corrected chi connectivity index (χ3v) is 2.54. The maximum Gasteiger partial charge on any atom is 0.252 e. The van der Waals surface area contributed by atoms with Crippen LogP contribution in [0.5, 0.6) is 0 Å². The molecule has 0 radical (unpaired) electrons. The second kappa shape index (κ2) is 3.38. The molecule has 0 saturated carbocycles. The lowest BCUT2D eigenvalue weighted by molar-refractivity contribution is 0.885. The van der Waals surface area contributed by atoms with Crippen LogP contribution in [0.25, 0.3) is 11.0 Å². The van der Waals surface area contributed by atoms with Gasteiger partial charge >= 0.3 is 0 Å². The van der Waals surface area contributed by atoms with Crippen molar-refractivity contribution in [3.8, 4) is 0 Å². The number of aromatic nitrogens is 2. The summed E-state index contributed by atoms with van der Waals surface area (Å²) < 4.78 is 1.56. The van der Waals surface area contributed by atoms with Crippen molar-refractivity contribution in [2.24, 2.45) is 7.05 Å². The van der Waals surface area contributed by atoms with Crippen LogP contribution in [0.1, 0.15) is 5.56 Å². The zero-order valence-electron chi connectivity index (χ0n) is 9.03. The molecule has 0 aliphatic rings. The zero-order valence-corrected chi connectivity index (χ0v) is 9.03. The Labute approximate surface area is 87.6 Å². The minimum Gasteiger partial charge on any atom is -0.373 e. The smallest absolute Gasteiger partial charge is 0.252 e. The summed E-state index contributed by atoms with van der Waals surface area (Å²) >= 11 is 0. The number of aryl methyl sites for hydroxylation is 2. The van der Waals surface area contributed by atoms with Gasteiger partial charge in [-0.05, 0) is 24.6 Å². The van der Waals surface area contributed by atoms with Gasteiger partial charge in [-0.3, -0.25) is 9.36 Å². The molecule has 0 fully saturated rings. The molecule has 0 aliphatic heterocycles. The number of nitrogens with zero attached hydrogens (tertiary/aromatic N) is 2. The molecule has 15 heavy (non-hydrogen) atoms. The van der Waals surface area contributed by atoms with Gasteiger partial charge < -0.3 is 5.32 Å². The van der Waals surface area contributed by atoms with E-state index in [1.807, 2.05) is 26.1 Å². The molecule has 2 rings (SSSR count). The molecule has 0 spiro atoms. The van der Waals surface area contributed by atoms with E-state index in [2.05, 4.69) is 10.3 Å². The first-order valence-corrected chi connectivity index (χ1v) is 4.78. The van der Waals surface area contributed by atoms with Crippen LogP contribution in [0, 0.1) is 6.92 Å². The molecule has 0 unspecified atom stereocenters. The highest BCUT2D eigenvalue weighted by molar-refractivity contribution is 5.80. The van der Waals surface area contributed by atoms with E-state index in [1.165, 1.54) is 0 Å². The normalized spacial score (nSPS) is 10.6. The predicted octanol–water partition coefficient (Wildman–Crippen LogP) is 1.28. The lowest BCUT2D eigenvalue weighted by Gasteiger charge is -2.07. The molecule has 2 aromatic heterocycles. The Morgan fingerprint density at radius 2 is 2.13 bits per heavy atom. The number of rotatable bonds is 1. The van der Waals surface area contributed by atoms with E-state index < -0.39 is 0 Å². The summed E-state index contributed by atoms with van der Waals surface area (Å²) in [6.45, 7) is 1.92. The maximum atomic E-state index is 11.6. The molecule has 0 saturated heterocycles. The highest BCUT2D eigenvalue weighted by atomic mass is 16.1. The molecular formula is C11H13N3O. The van der Waals surface area contributed by atoms with Crippen molar-refractivity contribution in [1.82, 2.24) is 9.55 Å². The number of pyridine rings is 2. The first kappa shape index (κ1) is 9.71. The van der Waals surface area contributed by atoms with Crippen molar-refractivity contribution >= 4 is 16.9 Å². The molecule has 0 amide bonds. The third kappa shape index (κ3) is 1.48. The molecule has 0 aliphatic carbocycles. The molecule has 2 heterocycles. The average molecular weight is 203 g/mol. The molecule has 78 valence electrons. The third-order valence-electron chi connectivity index (χ3n) is 2.54. The van der Waals surface area contributed by atoms with Crippen molar-refractivity contribution in [2.75, 3.05) is 12.4 Å². The monoisotopic (exact) mass is 203 g/mol. The van der Waals surface area contributed by atoms with Crippen LogP contribution in [-0.2, 0) is 7.05 Å². The minimum atomic E-state index is -0.0271. The van der Waals surface area contributed by atoms with Gasteiger partial charge in [0.25, 0.3) is 5.56 Å². The molecule has 4 heteroatoms. The van der Waals surface area contributed by atoms with Crippen LogP contribution in [0.2, 0.25) is 0 Å². The SMILES string of the molecule is CNc1ccc2c(C)cc(=O)n(C)c2n1. The number of anilines is 1. The number of nitrogens with one attached hydrogen (secondary N) is 1. The summed E-state index contributed by atoms with van der Waals surface area (Å²) in [5.41, 5.74) is 1.65. The summed E-state index contributed by atoms with van der Waals surface area (Å²) in [4.78, 5) is 15.9. The van der Waals surface area contributed by atoms with E-state index in [4.69, 9.17) is 0 Å². The summed E-state index contributed by atoms with van der Waals surface area (Å²) in [6, 6.07) is 5.51. The van der Waals surface area contributed by atoms with Crippen LogP contribution in [-0.4, -0.2) is 16.6 Å². The van der Waals surface area contributed by atoms with Gasteiger partial charge in [-0.1, -0.05) is 0 Å². The minimum absolute atomic E-state index is 0.0271. The molecule has 0 bridgehead atoms. The summed E-state index contributed by atoms with van der Waals surface area (Å²) in [7, 11) is 3.54. The molecule has 1 N–H and O–H groups in total.